The number of sulfonamides is 1. The standard InChI is InChI=1S/C29H32N2O3S.ClH/c1-20-19-28(23-13-15-26(16-14-23)30-25-9-7-8-10-25)21(2)17-24(20)18-22(3)29(32)31-35(33,34)27-11-5-4-6-12-27;/h4-6,11-19,25,30H,7-10H2,1-3H3,(H,31,32);1H/b22-18+;. The number of anilines is 1. The van der Waals surface area contributed by atoms with Gasteiger partial charge in [0.2, 0.25) is 0 Å². The van der Waals surface area contributed by atoms with Crippen LogP contribution in [0, 0.1) is 13.8 Å². The molecule has 0 atom stereocenters. The van der Waals surface area contributed by atoms with E-state index in [1.807, 2.05) is 19.9 Å². The zero-order valence-electron chi connectivity index (χ0n) is 20.9. The monoisotopic (exact) mass is 524 g/mol. The summed E-state index contributed by atoms with van der Waals surface area (Å²) < 4.78 is 27.1. The Bertz CT molecular complexity index is 1350. The van der Waals surface area contributed by atoms with Crippen molar-refractivity contribution in [2.75, 3.05) is 5.32 Å². The van der Waals surface area contributed by atoms with Gasteiger partial charge in [0, 0.05) is 17.3 Å². The number of halogens is 1. The van der Waals surface area contributed by atoms with E-state index in [2.05, 4.69) is 40.4 Å². The third-order valence-corrected chi connectivity index (χ3v) is 7.89. The first-order chi connectivity index (χ1) is 16.7. The van der Waals surface area contributed by atoms with Crippen molar-refractivity contribution in [3.8, 4) is 11.1 Å². The summed E-state index contributed by atoms with van der Waals surface area (Å²) in [6.07, 6.45) is 6.82. The summed E-state index contributed by atoms with van der Waals surface area (Å²) in [6, 6.07) is 21.2. The number of hydrogen-bond acceptors (Lipinski definition) is 4. The Hall–Kier alpha value is -3.09. The molecule has 190 valence electrons. The lowest BCUT2D eigenvalue weighted by Crippen LogP contribution is -2.31. The minimum absolute atomic E-state index is 0. The van der Waals surface area contributed by atoms with Crippen molar-refractivity contribution < 1.29 is 13.2 Å². The molecule has 1 aliphatic rings. The fraction of sp³-hybridized carbons (Fsp3) is 0.276. The minimum Gasteiger partial charge on any atom is -0.382 e. The second-order valence-corrected chi connectivity index (χ2v) is 11.0. The average molecular weight is 525 g/mol. The first-order valence-corrected chi connectivity index (χ1v) is 13.5. The predicted molar refractivity (Wildman–Crippen MR) is 150 cm³/mol. The van der Waals surface area contributed by atoms with Gasteiger partial charge in [-0.15, -0.1) is 12.4 Å². The van der Waals surface area contributed by atoms with E-state index < -0.39 is 15.9 Å². The molecule has 7 heteroatoms. The van der Waals surface area contributed by atoms with Crippen LogP contribution in [0.25, 0.3) is 17.2 Å². The van der Waals surface area contributed by atoms with Gasteiger partial charge in [0.15, 0.2) is 0 Å². The Balaban J connectivity index is 0.00000361. The Kier molecular flexibility index (Phi) is 8.98. The highest BCUT2D eigenvalue weighted by molar-refractivity contribution is 7.90. The fourth-order valence-electron chi connectivity index (χ4n) is 4.52. The normalized spacial score (nSPS) is 14.2. The van der Waals surface area contributed by atoms with Crippen molar-refractivity contribution in [1.29, 1.82) is 0 Å². The molecular weight excluding hydrogens is 492 g/mol. The van der Waals surface area contributed by atoms with E-state index in [1.165, 1.54) is 37.8 Å². The van der Waals surface area contributed by atoms with Gasteiger partial charge in [0.1, 0.15) is 0 Å². The van der Waals surface area contributed by atoms with E-state index in [4.69, 9.17) is 0 Å². The molecule has 1 aliphatic carbocycles. The van der Waals surface area contributed by atoms with Gasteiger partial charge < -0.3 is 5.32 Å². The van der Waals surface area contributed by atoms with Crippen molar-refractivity contribution in [3.63, 3.8) is 0 Å². The third-order valence-electron chi connectivity index (χ3n) is 6.55. The van der Waals surface area contributed by atoms with E-state index >= 15 is 0 Å². The number of carbonyl (C=O) groups is 1. The van der Waals surface area contributed by atoms with Crippen molar-refractivity contribution in [2.24, 2.45) is 0 Å². The molecule has 5 nitrogen and oxygen atoms in total. The van der Waals surface area contributed by atoms with Crippen molar-refractivity contribution >= 4 is 40.1 Å². The fourth-order valence-corrected chi connectivity index (χ4v) is 5.56. The molecule has 0 unspecified atom stereocenters. The molecule has 0 aliphatic heterocycles. The summed E-state index contributed by atoms with van der Waals surface area (Å²) in [6.45, 7) is 5.66. The van der Waals surface area contributed by atoms with Crippen LogP contribution < -0.4 is 10.0 Å². The molecule has 1 amide bonds. The molecule has 0 aromatic heterocycles. The van der Waals surface area contributed by atoms with E-state index in [1.54, 1.807) is 31.2 Å². The molecule has 3 aromatic carbocycles. The van der Waals surface area contributed by atoms with Crippen LogP contribution in [0.4, 0.5) is 5.69 Å². The maximum Gasteiger partial charge on any atom is 0.264 e. The Morgan fingerprint density at radius 1 is 0.917 bits per heavy atom. The summed E-state index contributed by atoms with van der Waals surface area (Å²) >= 11 is 0. The minimum atomic E-state index is -3.91. The lowest BCUT2D eigenvalue weighted by Gasteiger charge is -2.15. The lowest BCUT2D eigenvalue weighted by molar-refractivity contribution is -0.115. The van der Waals surface area contributed by atoms with Crippen molar-refractivity contribution in [3.05, 3.63) is 89.0 Å². The predicted octanol–water partition coefficient (Wildman–Crippen LogP) is 6.66. The van der Waals surface area contributed by atoms with Gasteiger partial charge in [0.25, 0.3) is 15.9 Å². The van der Waals surface area contributed by atoms with E-state index in [0.717, 1.165) is 33.5 Å². The molecule has 0 bridgehead atoms. The summed E-state index contributed by atoms with van der Waals surface area (Å²) in [5, 5.41) is 3.62. The number of carbonyl (C=O) groups excluding carboxylic acids is 1. The van der Waals surface area contributed by atoms with Gasteiger partial charge in [0.05, 0.1) is 4.90 Å². The number of aryl methyl sites for hydroxylation is 2. The van der Waals surface area contributed by atoms with Crippen molar-refractivity contribution in [1.82, 2.24) is 4.72 Å². The number of amides is 1. The summed E-state index contributed by atoms with van der Waals surface area (Å²) in [5.41, 5.74) is 6.74. The number of nitrogens with one attached hydrogen (secondary N) is 2. The Morgan fingerprint density at radius 2 is 1.56 bits per heavy atom. The average Bonchev–Trinajstić information content (AvgIpc) is 3.35. The van der Waals surface area contributed by atoms with Crippen LogP contribution in [0.5, 0.6) is 0 Å². The van der Waals surface area contributed by atoms with E-state index in [-0.39, 0.29) is 17.3 Å². The maximum absolute atomic E-state index is 12.6. The quantitative estimate of drug-likeness (QED) is 0.339. The molecule has 0 spiro atoms. The zero-order valence-corrected chi connectivity index (χ0v) is 22.5. The Labute approximate surface area is 220 Å². The first kappa shape index (κ1) is 27.5. The number of hydrogen-bond donors (Lipinski definition) is 2. The van der Waals surface area contributed by atoms with Crippen LogP contribution >= 0.6 is 12.4 Å². The lowest BCUT2D eigenvalue weighted by atomic mass is 9.94. The van der Waals surface area contributed by atoms with Crippen molar-refractivity contribution in [2.45, 2.75) is 57.4 Å². The van der Waals surface area contributed by atoms with Gasteiger partial charge >= 0.3 is 0 Å². The summed E-state index contributed by atoms with van der Waals surface area (Å²) in [5.74, 6) is -0.639. The van der Waals surface area contributed by atoms with Gasteiger partial charge in [-0.1, -0.05) is 55.3 Å². The van der Waals surface area contributed by atoms with Gasteiger partial charge in [-0.25, -0.2) is 13.1 Å². The SMILES string of the molecule is C/C(=C\c1cc(C)c(-c2ccc(NC3CCCC3)cc2)cc1C)C(=O)NS(=O)(=O)c1ccccc1.Cl. The first-order valence-electron chi connectivity index (χ1n) is 12.0. The van der Waals surface area contributed by atoms with Crippen LogP contribution in [0.1, 0.15) is 49.3 Å². The van der Waals surface area contributed by atoms with Crippen LogP contribution in [-0.2, 0) is 14.8 Å². The topological polar surface area (TPSA) is 75.3 Å². The largest absolute Gasteiger partial charge is 0.382 e. The second-order valence-electron chi connectivity index (χ2n) is 9.30. The molecule has 4 rings (SSSR count). The smallest absolute Gasteiger partial charge is 0.264 e. The molecule has 3 aromatic rings. The van der Waals surface area contributed by atoms with Crippen LogP contribution in [0.15, 0.2) is 77.2 Å². The number of benzene rings is 3. The van der Waals surface area contributed by atoms with Crippen LogP contribution in [0.3, 0.4) is 0 Å². The molecule has 1 fully saturated rings. The maximum atomic E-state index is 12.6. The highest BCUT2D eigenvalue weighted by Gasteiger charge is 2.18. The molecule has 0 radical (unpaired) electrons. The van der Waals surface area contributed by atoms with E-state index in [9.17, 15) is 13.2 Å². The summed E-state index contributed by atoms with van der Waals surface area (Å²) in [4.78, 5) is 12.7. The Morgan fingerprint density at radius 3 is 2.19 bits per heavy atom. The molecule has 2 N–H and O–H groups in total. The van der Waals surface area contributed by atoms with Gasteiger partial charge in [-0.2, -0.15) is 0 Å². The summed E-state index contributed by atoms with van der Waals surface area (Å²) in [7, 11) is -3.91. The van der Waals surface area contributed by atoms with Crippen LogP contribution in [0.2, 0.25) is 0 Å². The van der Waals surface area contributed by atoms with E-state index in [0.29, 0.717) is 11.6 Å². The molecule has 36 heavy (non-hydrogen) atoms. The zero-order chi connectivity index (χ0) is 25.0. The van der Waals surface area contributed by atoms with Gasteiger partial charge in [-0.3, -0.25) is 4.79 Å². The number of rotatable bonds is 7. The highest BCUT2D eigenvalue weighted by atomic mass is 35.5. The second kappa shape index (κ2) is 11.8. The molecule has 0 saturated heterocycles. The molecular formula is C29H33ClN2O3S. The molecule has 0 heterocycles. The van der Waals surface area contributed by atoms with Crippen LogP contribution in [-0.4, -0.2) is 20.4 Å². The third kappa shape index (κ3) is 6.56. The molecule has 1 saturated carbocycles. The highest BCUT2D eigenvalue weighted by Crippen LogP contribution is 2.30. The van der Waals surface area contributed by atoms with Gasteiger partial charge in [-0.05, 0) is 91.8 Å².